The molecule has 122 valence electrons. The van der Waals surface area contributed by atoms with Crippen LogP contribution in [0.5, 0.6) is 0 Å². The molecule has 2 fully saturated rings. The zero-order chi connectivity index (χ0) is 15.4. The molecule has 2 saturated heterocycles. The fourth-order valence-electron chi connectivity index (χ4n) is 3.19. The van der Waals surface area contributed by atoms with E-state index in [1.165, 1.54) is 25.6 Å². The highest BCUT2D eigenvalue weighted by atomic mass is 16.2. The quantitative estimate of drug-likeness (QED) is 0.829. The second-order valence-corrected chi connectivity index (χ2v) is 6.10. The van der Waals surface area contributed by atoms with Gasteiger partial charge in [-0.15, -0.1) is 0 Å². The van der Waals surface area contributed by atoms with Crippen molar-refractivity contribution in [3.8, 4) is 0 Å². The standard InChI is InChI=1S/C14H25N7O/c1-19-5-3-2-4-12(19)10-15-14(22)21-8-6-20(7-9-21)13-16-11-17-18-13/h11-12H,2-10H2,1H3,(H,15,22)(H,16,17,18)/t12-/m1/s1. The van der Waals surface area contributed by atoms with E-state index >= 15 is 0 Å². The van der Waals surface area contributed by atoms with Gasteiger partial charge in [-0.1, -0.05) is 6.42 Å². The third-order valence-corrected chi connectivity index (χ3v) is 4.68. The Labute approximate surface area is 130 Å². The van der Waals surface area contributed by atoms with E-state index in [1.54, 1.807) is 0 Å². The minimum atomic E-state index is 0.0520. The number of H-pyrrole nitrogens is 1. The van der Waals surface area contributed by atoms with E-state index in [9.17, 15) is 4.79 Å². The first-order chi connectivity index (χ1) is 10.7. The molecule has 1 atom stereocenters. The first-order valence-corrected chi connectivity index (χ1v) is 8.07. The predicted octanol–water partition coefficient (Wildman–Crippen LogP) is 0.121. The normalized spacial score (nSPS) is 23.6. The molecule has 8 heteroatoms. The second kappa shape index (κ2) is 6.95. The third kappa shape index (κ3) is 3.49. The van der Waals surface area contributed by atoms with Crippen molar-refractivity contribution in [3.05, 3.63) is 6.33 Å². The van der Waals surface area contributed by atoms with Gasteiger partial charge in [0.15, 0.2) is 0 Å². The Morgan fingerprint density at radius 1 is 1.32 bits per heavy atom. The molecule has 0 saturated carbocycles. The van der Waals surface area contributed by atoms with E-state index in [0.29, 0.717) is 19.1 Å². The fraction of sp³-hybridized carbons (Fsp3) is 0.786. The van der Waals surface area contributed by atoms with Crippen LogP contribution in [0.4, 0.5) is 10.7 Å². The number of anilines is 1. The number of hydrogen-bond donors (Lipinski definition) is 2. The van der Waals surface area contributed by atoms with Crippen molar-refractivity contribution in [2.45, 2.75) is 25.3 Å². The Balaban J connectivity index is 1.42. The predicted molar refractivity (Wildman–Crippen MR) is 83.8 cm³/mol. The maximum absolute atomic E-state index is 12.3. The summed E-state index contributed by atoms with van der Waals surface area (Å²) in [6.45, 7) is 4.88. The molecule has 2 N–H and O–H groups in total. The minimum Gasteiger partial charge on any atom is -0.338 e. The number of rotatable bonds is 3. The van der Waals surface area contributed by atoms with Crippen molar-refractivity contribution in [2.75, 3.05) is 51.2 Å². The number of nitrogens with one attached hydrogen (secondary N) is 2. The molecule has 3 rings (SSSR count). The number of carbonyl (C=O) groups excluding carboxylic acids is 1. The SMILES string of the molecule is CN1CCCC[C@@H]1CNC(=O)N1CCN(c2ncn[nH]2)CC1. The van der Waals surface area contributed by atoms with Crippen molar-refractivity contribution >= 4 is 12.0 Å². The molecule has 1 aromatic rings. The smallest absolute Gasteiger partial charge is 0.317 e. The van der Waals surface area contributed by atoms with Crippen molar-refractivity contribution in [2.24, 2.45) is 0 Å². The number of carbonyl (C=O) groups is 1. The summed E-state index contributed by atoms with van der Waals surface area (Å²) >= 11 is 0. The number of likely N-dealkylation sites (tertiary alicyclic amines) is 1. The van der Waals surface area contributed by atoms with Gasteiger partial charge in [0.2, 0.25) is 5.95 Å². The van der Waals surface area contributed by atoms with Crippen LogP contribution in [0.3, 0.4) is 0 Å². The number of piperazine rings is 1. The first-order valence-electron chi connectivity index (χ1n) is 8.07. The van der Waals surface area contributed by atoms with Gasteiger partial charge in [-0.25, -0.2) is 9.89 Å². The number of nitrogens with zero attached hydrogens (tertiary/aromatic N) is 5. The van der Waals surface area contributed by atoms with Crippen molar-refractivity contribution < 1.29 is 4.79 Å². The largest absolute Gasteiger partial charge is 0.338 e. The van der Waals surface area contributed by atoms with Crippen molar-refractivity contribution in [1.29, 1.82) is 0 Å². The summed E-state index contributed by atoms with van der Waals surface area (Å²) in [7, 11) is 2.14. The van der Waals surface area contributed by atoms with Crippen LogP contribution in [0.2, 0.25) is 0 Å². The molecule has 2 aliphatic heterocycles. The highest BCUT2D eigenvalue weighted by Crippen LogP contribution is 2.14. The Hall–Kier alpha value is -1.83. The van der Waals surface area contributed by atoms with Gasteiger partial charge in [-0.05, 0) is 26.4 Å². The van der Waals surface area contributed by atoms with Crippen LogP contribution in [0, 0.1) is 0 Å². The van der Waals surface area contributed by atoms with E-state index in [4.69, 9.17) is 0 Å². The minimum absolute atomic E-state index is 0.0520. The van der Waals surface area contributed by atoms with Gasteiger partial charge in [-0.2, -0.15) is 10.1 Å². The summed E-state index contributed by atoms with van der Waals surface area (Å²) < 4.78 is 0. The van der Waals surface area contributed by atoms with Gasteiger partial charge in [0.05, 0.1) is 0 Å². The monoisotopic (exact) mass is 307 g/mol. The topological polar surface area (TPSA) is 80.4 Å². The van der Waals surface area contributed by atoms with Crippen LogP contribution < -0.4 is 10.2 Å². The third-order valence-electron chi connectivity index (χ3n) is 4.68. The molecule has 8 nitrogen and oxygen atoms in total. The van der Waals surface area contributed by atoms with Crippen LogP contribution in [-0.2, 0) is 0 Å². The summed E-state index contributed by atoms with van der Waals surface area (Å²) in [5, 5.41) is 9.82. The van der Waals surface area contributed by atoms with Gasteiger partial charge < -0.3 is 20.0 Å². The average molecular weight is 307 g/mol. The maximum atomic E-state index is 12.3. The lowest BCUT2D eigenvalue weighted by atomic mass is 10.0. The van der Waals surface area contributed by atoms with Crippen LogP contribution in [0.25, 0.3) is 0 Å². The van der Waals surface area contributed by atoms with E-state index in [1.807, 2.05) is 4.90 Å². The lowest BCUT2D eigenvalue weighted by Crippen LogP contribution is -2.54. The Morgan fingerprint density at radius 3 is 2.82 bits per heavy atom. The van der Waals surface area contributed by atoms with E-state index in [0.717, 1.165) is 32.1 Å². The second-order valence-electron chi connectivity index (χ2n) is 6.10. The van der Waals surface area contributed by atoms with Crippen LogP contribution in [-0.4, -0.2) is 83.4 Å². The van der Waals surface area contributed by atoms with Gasteiger partial charge in [0.1, 0.15) is 6.33 Å². The van der Waals surface area contributed by atoms with E-state index < -0.39 is 0 Å². The van der Waals surface area contributed by atoms with Crippen LogP contribution >= 0.6 is 0 Å². The molecule has 2 amide bonds. The van der Waals surface area contributed by atoms with E-state index in [-0.39, 0.29) is 6.03 Å². The van der Waals surface area contributed by atoms with Crippen LogP contribution in [0.15, 0.2) is 6.33 Å². The number of amides is 2. The summed E-state index contributed by atoms with van der Waals surface area (Å²) in [6, 6.07) is 0.532. The van der Waals surface area contributed by atoms with Gasteiger partial charge >= 0.3 is 6.03 Å². The molecule has 3 heterocycles. The number of aromatic amines is 1. The fourth-order valence-corrected chi connectivity index (χ4v) is 3.19. The maximum Gasteiger partial charge on any atom is 0.317 e. The Kier molecular flexibility index (Phi) is 4.77. The zero-order valence-electron chi connectivity index (χ0n) is 13.2. The summed E-state index contributed by atoms with van der Waals surface area (Å²) in [6.07, 6.45) is 5.22. The molecule has 0 aliphatic carbocycles. The number of likely N-dealkylation sites (N-methyl/N-ethyl adjacent to an activating group) is 1. The van der Waals surface area contributed by atoms with E-state index in [2.05, 4.69) is 37.3 Å². The lowest BCUT2D eigenvalue weighted by Gasteiger charge is -2.36. The first kappa shape index (κ1) is 15.1. The Bertz CT molecular complexity index is 470. The van der Waals surface area contributed by atoms with Gasteiger partial charge in [0, 0.05) is 38.8 Å². The number of piperidine rings is 1. The molecule has 22 heavy (non-hydrogen) atoms. The number of urea groups is 1. The molecule has 0 radical (unpaired) electrons. The van der Waals surface area contributed by atoms with Crippen molar-refractivity contribution in [3.63, 3.8) is 0 Å². The summed E-state index contributed by atoms with van der Waals surface area (Å²) in [4.78, 5) is 22.8. The molecule has 0 unspecified atom stereocenters. The van der Waals surface area contributed by atoms with Gasteiger partial charge in [-0.3, -0.25) is 0 Å². The molecule has 2 aliphatic rings. The lowest BCUT2D eigenvalue weighted by molar-refractivity contribution is 0.167. The summed E-state index contributed by atoms with van der Waals surface area (Å²) in [5.41, 5.74) is 0. The highest BCUT2D eigenvalue weighted by molar-refractivity contribution is 5.74. The highest BCUT2D eigenvalue weighted by Gasteiger charge is 2.24. The summed E-state index contributed by atoms with van der Waals surface area (Å²) in [5.74, 6) is 0.781. The molecular formula is C14H25N7O. The molecule has 0 spiro atoms. The van der Waals surface area contributed by atoms with Crippen molar-refractivity contribution in [1.82, 2.24) is 30.3 Å². The molecule has 0 bridgehead atoms. The van der Waals surface area contributed by atoms with Gasteiger partial charge in [0.25, 0.3) is 0 Å². The molecule has 0 aromatic carbocycles. The molecular weight excluding hydrogens is 282 g/mol. The van der Waals surface area contributed by atoms with Crippen LogP contribution in [0.1, 0.15) is 19.3 Å². The number of hydrogen-bond acceptors (Lipinski definition) is 5. The number of aromatic nitrogens is 3. The average Bonchev–Trinajstić information content (AvgIpc) is 3.08. The Morgan fingerprint density at radius 2 is 2.14 bits per heavy atom. The molecule has 1 aromatic heterocycles. The zero-order valence-corrected chi connectivity index (χ0v) is 13.2.